The molecule has 2 rings (SSSR count). The van der Waals surface area contributed by atoms with Crippen molar-refractivity contribution in [2.45, 2.75) is 0 Å². The van der Waals surface area contributed by atoms with Gasteiger partial charge in [0.25, 0.3) is 0 Å². The van der Waals surface area contributed by atoms with E-state index in [1.54, 1.807) is 18.0 Å². The van der Waals surface area contributed by atoms with Crippen LogP contribution in [0.5, 0.6) is 5.75 Å². The number of nitrogens with one attached hydrogen (secondary N) is 1. The van der Waals surface area contributed by atoms with Crippen molar-refractivity contribution in [2.24, 2.45) is 0 Å². The molecule has 1 aromatic heterocycles. The van der Waals surface area contributed by atoms with Crippen molar-refractivity contribution in [3.63, 3.8) is 0 Å². The summed E-state index contributed by atoms with van der Waals surface area (Å²) in [5.41, 5.74) is 1.97. The summed E-state index contributed by atoms with van der Waals surface area (Å²) < 4.78 is 6.95. The van der Waals surface area contributed by atoms with E-state index in [-0.39, 0.29) is 0 Å². The lowest BCUT2D eigenvalue weighted by Gasteiger charge is -2.03. The van der Waals surface area contributed by atoms with E-state index in [0.29, 0.717) is 0 Å². The Kier molecular flexibility index (Phi) is 2.58. The van der Waals surface area contributed by atoms with Crippen LogP contribution < -0.4 is 10.1 Å². The number of nitrogens with zero attached hydrogens (tertiary/aromatic N) is 2. The largest absolute Gasteiger partial charge is 0.497 e. The van der Waals surface area contributed by atoms with Crippen LogP contribution in [0.1, 0.15) is 0 Å². The minimum absolute atomic E-state index is 0.828. The number of rotatable bonds is 3. The van der Waals surface area contributed by atoms with E-state index in [9.17, 15) is 0 Å². The summed E-state index contributed by atoms with van der Waals surface area (Å²) >= 11 is 0. The fraction of sp³-hybridized carbons (Fsp3) is 0.182. The fourth-order valence-corrected chi connectivity index (χ4v) is 1.35. The minimum Gasteiger partial charge on any atom is -0.497 e. The SMILES string of the molecule is CNc1cnn(-c2cccc(OC)c2)c1. The van der Waals surface area contributed by atoms with Gasteiger partial charge >= 0.3 is 0 Å². The number of hydrogen-bond acceptors (Lipinski definition) is 3. The average molecular weight is 203 g/mol. The maximum atomic E-state index is 5.15. The Morgan fingerprint density at radius 2 is 2.27 bits per heavy atom. The van der Waals surface area contributed by atoms with Gasteiger partial charge in [-0.05, 0) is 12.1 Å². The van der Waals surface area contributed by atoms with Crippen molar-refractivity contribution in [3.8, 4) is 11.4 Å². The first-order valence-corrected chi connectivity index (χ1v) is 4.70. The van der Waals surface area contributed by atoms with E-state index in [4.69, 9.17) is 4.74 Å². The van der Waals surface area contributed by atoms with Crippen LogP contribution >= 0.6 is 0 Å². The van der Waals surface area contributed by atoms with Crippen LogP contribution in [0.25, 0.3) is 5.69 Å². The Morgan fingerprint density at radius 3 is 2.93 bits per heavy atom. The second-order valence-electron chi connectivity index (χ2n) is 3.13. The monoisotopic (exact) mass is 203 g/mol. The molecule has 0 saturated carbocycles. The first-order valence-electron chi connectivity index (χ1n) is 4.70. The molecule has 0 unspecified atom stereocenters. The molecule has 1 N–H and O–H groups in total. The van der Waals surface area contributed by atoms with Gasteiger partial charge in [0.15, 0.2) is 0 Å². The fourth-order valence-electron chi connectivity index (χ4n) is 1.35. The van der Waals surface area contributed by atoms with Crippen LogP contribution in [-0.4, -0.2) is 23.9 Å². The summed E-state index contributed by atoms with van der Waals surface area (Å²) in [5, 5.41) is 7.26. The summed E-state index contributed by atoms with van der Waals surface area (Å²) in [7, 11) is 3.52. The highest BCUT2D eigenvalue weighted by molar-refractivity contribution is 5.44. The number of hydrogen-bond donors (Lipinski definition) is 1. The highest BCUT2D eigenvalue weighted by Gasteiger charge is 2.00. The molecule has 0 bridgehead atoms. The van der Waals surface area contributed by atoms with Gasteiger partial charge in [-0.15, -0.1) is 0 Å². The van der Waals surface area contributed by atoms with Crippen molar-refractivity contribution in [1.82, 2.24) is 9.78 Å². The molecule has 0 aliphatic heterocycles. The summed E-state index contributed by atoms with van der Waals surface area (Å²) in [4.78, 5) is 0. The third kappa shape index (κ3) is 1.93. The number of aromatic nitrogens is 2. The van der Waals surface area contributed by atoms with Crippen molar-refractivity contribution in [3.05, 3.63) is 36.7 Å². The maximum Gasteiger partial charge on any atom is 0.121 e. The standard InChI is InChI=1S/C11H13N3O/c1-12-9-7-13-14(8-9)10-4-3-5-11(6-10)15-2/h3-8,12H,1-2H3. The van der Waals surface area contributed by atoms with E-state index >= 15 is 0 Å². The number of anilines is 1. The molecular weight excluding hydrogens is 190 g/mol. The van der Waals surface area contributed by atoms with Crippen LogP contribution in [0, 0.1) is 0 Å². The smallest absolute Gasteiger partial charge is 0.121 e. The Labute approximate surface area is 88.5 Å². The second-order valence-corrected chi connectivity index (χ2v) is 3.13. The maximum absolute atomic E-state index is 5.15. The van der Waals surface area contributed by atoms with Crippen LogP contribution in [0.2, 0.25) is 0 Å². The molecule has 0 aliphatic rings. The molecule has 1 aromatic carbocycles. The summed E-state index contributed by atoms with van der Waals surface area (Å²) in [6.45, 7) is 0. The molecule has 2 aromatic rings. The highest BCUT2D eigenvalue weighted by atomic mass is 16.5. The molecule has 0 atom stereocenters. The van der Waals surface area contributed by atoms with Crippen LogP contribution in [-0.2, 0) is 0 Å². The van der Waals surface area contributed by atoms with Gasteiger partial charge in [-0.3, -0.25) is 0 Å². The van der Waals surface area contributed by atoms with E-state index in [0.717, 1.165) is 17.1 Å². The van der Waals surface area contributed by atoms with Gasteiger partial charge in [-0.2, -0.15) is 5.10 Å². The molecule has 15 heavy (non-hydrogen) atoms. The summed E-state index contributed by atoms with van der Waals surface area (Å²) in [6, 6.07) is 7.77. The second kappa shape index (κ2) is 4.04. The van der Waals surface area contributed by atoms with Crippen molar-refractivity contribution in [1.29, 1.82) is 0 Å². The predicted molar refractivity (Wildman–Crippen MR) is 59.7 cm³/mol. The Hall–Kier alpha value is -1.97. The van der Waals surface area contributed by atoms with E-state index in [2.05, 4.69) is 10.4 Å². The molecular formula is C11H13N3O. The van der Waals surface area contributed by atoms with Gasteiger partial charge in [-0.1, -0.05) is 6.07 Å². The molecule has 4 nitrogen and oxygen atoms in total. The topological polar surface area (TPSA) is 39.1 Å². The first-order chi connectivity index (χ1) is 7.33. The van der Waals surface area contributed by atoms with Crippen LogP contribution in [0.3, 0.4) is 0 Å². The van der Waals surface area contributed by atoms with Gasteiger partial charge in [0.05, 0.1) is 30.9 Å². The molecule has 78 valence electrons. The van der Waals surface area contributed by atoms with Gasteiger partial charge in [0.1, 0.15) is 5.75 Å². The zero-order valence-electron chi connectivity index (χ0n) is 8.77. The zero-order valence-corrected chi connectivity index (χ0v) is 8.77. The van der Waals surface area contributed by atoms with Crippen molar-refractivity contribution in [2.75, 3.05) is 19.5 Å². The van der Waals surface area contributed by atoms with Crippen LogP contribution in [0.4, 0.5) is 5.69 Å². The van der Waals surface area contributed by atoms with E-state index < -0.39 is 0 Å². The molecule has 1 heterocycles. The third-order valence-electron chi connectivity index (χ3n) is 2.19. The quantitative estimate of drug-likeness (QED) is 0.828. The molecule has 0 fully saturated rings. The van der Waals surface area contributed by atoms with E-state index in [1.165, 1.54) is 0 Å². The number of ether oxygens (including phenoxy) is 1. The molecule has 0 radical (unpaired) electrons. The highest BCUT2D eigenvalue weighted by Crippen LogP contribution is 2.17. The van der Waals surface area contributed by atoms with Gasteiger partial charge in [0.2, 0.25) is 0 Å². The number of benzene rings is 1. The average Bonchev–Trinajstić information content (AvgIpc) is 2.78. The first kappa shape index (κ1) is 9.58. The van der Waals surface area contributed by atoms with Gasteiger partial charge in [0, 0.05) is 13.1 Å². The van der Waals surface area contributed by atoms with Crippen LogP contribution in [0.15, 0.2) is 36.7 Å². The predicted octanol–water partition coefficient (Wildman–Crippen LogP) is 1.92. The molecule has 0 amide bonds. The Balaban J connectivity index is 2.35. The Bertz CT molecular complexity index is 451. The molecule has 4 heteroatoms. The molecule has 0 spiro atoms. The zero-order chi connectivity index (χ0) is 10.7. The number of methoxy groups -OCH3 is 1. The minimum atomic E-state index is 0.828. The van der Waals surface area contributed by atoms with Gasteiger partial charge in [-0.25, -0.2) is 4.68 Å². The van der Waals surface area contributed by atoms with Crippen molar-refractivity contribution >= 4 is 5.69 Å². The lowest BCUT2D eigenvalue weighted by Crippen LogP contribution is -1.94. The lowest BCUT2D eigenvalue weighted by atomic mass is 10.3. The van der Waals surface area contributed by atoms with Gasteiger partial charge < -0.3 is 10.1 Å². The lowest BCUT2D eigenvalue weighted by molar-refractivity contribution is 0.414. The normalized spacial score (nSPS) is 10.0. The Morgan fingerprint density at radius 1 is 1.40 bits per heavy atom. The summed E-state index contributed by atoms with van der Waals surface area (Å²) in [6.07, 6.45) is 3.70. The van der Waals surface area contributed by atoms with Crippen molar-refractivity contribution < 1.29 is 4.74 Å². The third-order valence-corrected chi connectivity index (χ3v) is 2.19. The summed E-state index contributed by atoms with van der Waals surface area (Å²) in [5.74, 6) is 0.828. The van der Waals surface area contributed by atoms with E-state index in [1.807, 2.05) is 37.5 Å². The molecule has 0 aliphatic carbocycles. The molecule has 0 saturated heterocycles.